The molecular formula is C20H25I. The molecule has 0 aliphatic carbocycles. The highest BCUT2D eigenvalue weighted by atomic mass is 127. The summed E-state index contributed by atoms with van der Waals surface area (Å²) < 4.78 is 1.49. The fraction of sp³-hybridized carbons (Fsp3) is 0.400. The number of aryl methyl sites for hydroxylation is 2. The van der Waals surface area contributed by atoms with Gasteiger partial charge in [-0.25, -0.2) is 0 Å². The van der Waals surface area contributed by atoms with E-state index < -0.39 is 0 Å². The highest BCUT2D eigenvalue weighted by Gasteiger charge is 2.09. The van der Waals surface area contributed by atoms with Gasteiger partial charge in [-0.2, -0.15) is 0 Å². The highest BCUT2D eigenvalue weighted by Crippen LogP contribution is 2.29. The Bertz CT molecular complexity index is 528. The molecule has 0 spiro atoms. The summed E-state index contributed by atoms with van der Waals surface area (Å²) in [7, 11) is 0. The Kier molecular flexibility index (Phi) is 6.75. The summed E-state index contributed by atoms with van der Waals surface area (Å²) in [5, 5.41) is 0. The summed E-state index contributed by atoms with van der Waals surface area (Å²) in [6, 6.07) is 15.6. The van der Waals surface area contributed by atoms with Crippen LogP contribution >= 0.6 is 22.6 Å². The van der Waals surface area contributed by atoms with E-state index in [0.717, 1.165) is 0 Å². The lowest BCUT2D eigenvalue weighted by Gasteiger charge is -2.14. The Hall–Kier alpha value is -0.830. The first-order valence-electron chi connectivity index (χ1n) is 8.13. The number of halogens is 1. The van der Waals surface area contributed by atoms with Gasteiger partial charge in [0, 0.05) is 3.57 Å². The molecule has 0 aliphatic heterocycles. The molecule has 2 aromatic rings. The lowest BCUT2D eigenvalue weighted by molar-refractivity contribution is 0.776. The van der Waals surface area contributed by atoms with Gasteiger partial charge in [0.05, 0.1) is 0 Å². The minimum atomic E-state index is 1.20. The van der Waals surface area contributed by atoms with Gasteiger partial charge in [-0.3, -0.25) is 0 Å². The molecule has 0 atom stereocenters. The maximum absolute atomic E-state index is 2.56. The molecule has 21 heavy (non-hydrogen) atoms. The molecule has 0 bridgehead atoms. The smallest absolute Gasteiger partial charge is 0.0194 e. The second-order valence-corrected chi connectivity index (χ2v) is 6.76. The van der Waals surface area contributed by atoms with Crippen molar-refractivity contribution in [3.8, 4) is 11.1 Å². The number of hydrogen-bond acceptors (Lipinski definition) is 0. The van der Waals surface area contributed by atoms with Crippen LogP contribution in [-0.2, 0) is 12.8 Å². The molecule has 0 radical (unpaired) electrons. The van der Waals surface area contributed by atoms with Gasteiger partial charge in [-0.15, -0.1) is 0 Å². The van der Waals surface area contributed by atoms with Crippen LogP contribution in [0.5, 0.6) is 0 Å². The van der Waals surface area contributed by atoms with Crippen molar-refractivity contribution in [1.29, 1.82) is 0 Å². The second kappa shape index (κ2) is 8.57. The monoisotopic (exact) mass is 392 g/mol. The van der Waals surface area contributed by atoms with Crippen molar-refractivity contribution in [2.45, 2.75) is 52.4 Å². The van der Waals surface area contributed by atoms with Crippen molar-refractivity contribution in [2.24, 2.45) is 0 Å². The van der Waals surface area contributed by atoms with Gasteiger partial charge in [0.2, 0.25) is 0 Å². The van der Waals surface area contributed by atoms with Gasteiger partial charge in [0.1, 0.15) is 0 Å². The first-order chi connectivity index (χ1) is 10.3. The third-order valence-electron chi connectivity index (χ3n) is 3.93. The summed E-state index contributed by atoms with van der Waals surface area (Å²) in [6.07, 6.45) is 7.48. The Morgan fingerprint density at radius 3 is 1.76 bits per heavy atom. The maximum Gasteiger partial charge on any atom is 0.0194 e. The first-order valence-corrected chi connectivity index (χ1v) is 9.20. The Morgan fingerprint density at radius 2 is 1.29 bits per heavy atom. The number of hydrogen-bond donors (Lipinski definition) is 0. The molecular weight excluding hydrogens is 367 g/mol. The quantitative estimate of drug-likeness (QED) is 0.463. The molecule has 0 unspecified atom stereocenters. The van der Waals surface area contributed by atoms with Crippen molar-refractivity contribution >= 4 is 22.6 Å². The van der Waals surface area contributed by atoms with E-state index in [4.69, 9.17) is 0 Å². The fourth-order valence-electron chi connectivity index (χ4n) is 2.65. The Labute approximate surface area is 143 Å². The van der Waals surface area contributed by atoms with Gasteiger partial charge >= 0.3 is 0 Å². The van der Waals surface area contributed by atoms with Crippen LogP contribution in [0.25, 0.3) is 11.1 Å². The van der Waals surface area contributed by atoms with Crippen molar-refractivity contribution in [2.75, 3.05) is 0 Å². The summed E-state index contributed by atoms with van der Waals surface area (Å²) in [6.45, 7) is 4.54. The molecule has 0 heterocycles. The van der Waals surface area contributed by atoms with E-state index in [-0.39, 0.29) is 0 Å². The molecule has 0 saturated heterocycles. The van der Waals surface area contributed by atoms with Crippen molar-refractivity contribution < 1.29 is 0 Å². The molecule has 1 heteroatoms. The second-order valence-electron chi connectivity index (χ2n) is 5.68. The van der Waals surface area contributed by atoms with E-state index in [9.17, 15) is 0 Å². The van der Waals surface area contributed by atoms with Crippen molar-refractivity contribution in [3.63, 3.8) is 0 Å². The zero-order valence-electron chi connectivity index (χ0n) is 13.2. The topological polar surface area (TPSA) is 0 Å². The molecule has 0 N–H and O–H groups in total. The van der Waals surface area contributed by atoms with Gasteiger partial charge in [-0.05, 0) is 70.5 Å². The molecule has 0 aliphatic rings. The third-order valence-corrected chi connectivity index (χ3v) is 5.32. The van der Waals surface area contributed by atoms with Gasteiger partial charge < -0.3 is 0 Å². The minimum absolute atomic E-state index is 1.20. The predicted octanol–water partition coefficient (Wildman–Crippen LogP) is 6.64. The average molecular weight is 392 g/mol. The zero-order chi connectivity index (χ0) is 15.1. The lowest BCUT2D eigenvalue weighted by Crippen LogP contribution is -1.98. The molecule has 112 valence electrons. The third kappa shape index (κ3) is 4.57. The van der Waals surface area contributed by atoms with Crippen LogP contribution < -0.4 is 0 Å². The summed E-state index contributed by atoms with van der Waals surface area (Å²) in [5.74, 6) is 0. The minimum Gasteiger partial charge on any atom is -0.0654 e. The molecule has 0 saturated carbocycles. The number of rotatable bonds is 7. The van der Waals surface area contributed by atoms with Crippen LogP contribution in [0.3, 0.4) is 0 Å². The van der Waals surface area contributed by atoms with Crippen LogP contribution in [0, 0.1) is 3.57 Å². The molecule has 2 aromatic carbocycles. The molecule has 0 amide bonds. The molecule has 0 nitrogen and oxygen atoms in total. The van der Waals surface area contributed by atoms with E-state index >= 15 is 0 Å². The van der Waals surface area contributed by atoms with Gasteiger partial charge in [-0.1, -0.05) is 69.2 Å². The van der Waals surface area contributed by atoms with E-state index in [0.29, 0.717) is 0 Å². The SMILES string of the molecule is CCCCc1cc(-c2ccccc2)cc(CCCC)c1I. The first kappa shape index (κ1) is 16.5. The van der Waals surface area contributed by atoms with Crippen LogP contribution in [0.2, 0.25) is 0 Å². The van der Waals surface area contributed by atoms with Gasteiger partial charge in [0.15, 0.2) is 0 Å². The summed E-state index contributed by atoms with van der Waals surface area (Å²) in [5.41, 5.74) is 5.78. The Balaban J connectivity index is 2.40. The molecule has 0 fully saturated rings. The Morgan fingerprint density at radius 1 is 0.762 bits per heavy atom. The number of benzene rings is 2. The lowest BCUT2D eigenvalue weighted by atomic mass is 9.95. The van der Waals surface area contributed by atoms with E-state index in [2.05, 4.69) is 78.9 Å². The summed E-state index contributed by atoms with van der Waals surface area (Å²) >= 11 is 2.56. The van der Waals surface area contributed by atoms with Crippen molar-refractivity contribution in [3.05, 3.63) is 57.2 Å². The van der Waals surface area contributed by atoms with E-state index in [1.165, 1.54) is 64.3 Å². The number of unbranched alkanes of at least 4 members (excludes halogenated alkanes) is 2. The van der Waals surface area contributed by atoms with Crippen molar-refractivity contribution in [1.82, 2.24) is 0 Å². The van der Waals surface area contributed by atoms with E-state index in [1.54, 1.807) is 0 Å². The van der Waals surface area contributed by atoms with Crippen LogP contribution in [0.1, 0.15) is 50.7 Å². The normalized spacial score (nSPS) is 10.8. The highest BCUT2D eigenvalue weighted by molar-refractivity contribution is 14.1. The zero-order valence-corrected chi connectivity index (χ0v) is 15.3. The summed E-state index contributed by atoms with van der Waals surface area (Å²) in [4.78, 5) is 0. The standard InChI is InChI=1S/C20H25I/c1-3-5-10-17-14-19(16-12-8-7-9-13-16)15-18(20(17)21)11-6-4-2/h7-9,12-15H,3-6,10-11H2,1-2H3. The van der Waals surface area contributed by atoms with E-state index in [1.807, 2.05) is 0 Å². The largest absolute Gasteiger partial charge is 0.0654 e. The average Bonchev–Trinajstić information content (AvgIpc) is 2.53. The van der Waals surface area contributed by atoms with Crippen LogP contribution in [0.4, 0.5) is 0 Å². The maximum atomic E-state index is 2.56. The predicted molar refractivity (Wildman–Crippen MR) is 102 cm³/mol. The van der Waals surface area contributed by atoms with Crippen LogP contribution in [-0.4, -0.2) is 0 Å². The fourth-order valence-corrected chi connectivity index (χ4v) is 3.50. The molecule has 2 rings (SSSR count). The van der Waals surface area contributed by atoms with Gasteiger partial charge in [0.25, 0.3) is 0 Å². The van der Waals surface area contributed by atoms with Crippen LogP contribution in [0.15, 0.2) is 42.5 Å². The molecule has 0 aromatic heterocycles.